The molecule has 2 heterocycles. The molecule has 48 heavy (non-hydrogen) atoms. The van der Waals surface area contributed by atoms with Gasteiger partial charge in [0, 0.05) is 39.1 Å². The van der Waals surface area contributed by atoms with Crippen LogP contribution in [0.15, 0.2) is 84.9 Å². The zero-order valence-electron chi connectivity index (χ0n) is 26.4. The molecule has 4 aliphatic rings. The minimum Gasteiger partial charge on any atom is -0.458 e. The van der Waals surface area contributed by atoms with Gasteiger partial charge in [-0.05, 0) is 97.2 Å². The van der Waals surface area contributed by atoms with Crippen molar-refractivity contribution in [3.05, 3.63) is 118 Å². The zero-order valence-corrected chi connectivity index (χ0v) is 26.4. The number of hydrogen-bond acceptors (Lipinski definition) is 6. The summed E-state index contributed by atoms with van der Waals surface area (Å²) in [6, 6.07) is 20.7. The molecule has 0 saturated heterocycles. The second-order valence-electron chi connectivity index (χ2n) is 13.2. The molecular weight excluding hydrogens is 604 g/mol. The monoisotopic (exact) mass is 638 g/mol. The Morgan fingerprint density at radius 3 is 1.73 bits per heavy atom. The summed E-state index contributed by atoms with van der Waals surface area (Å²) in [5.41, 5.74) is 3.65. The third kappa shape index (κ3) is 5.03. The molecule has 0 aromatic heterocycles. The van der Waals surface area contributed by atoms with E-state index in [0.29, 0.717) is 39.5 Å². The number of anilines is 2. The Balaban J connectivity index is 1.07. The molecule has 0 bridgehead atoms. The van der Waals surface area contributed by atoms with Crippen molar-refractivity contribution in [1.82, 2.24) is 0 Å². The number of carbonyl (C=O) groups is 5. The van der Waals surface area contributed by atoms with Crippen LogP contribution >= 0.6 is 0 Å². The van der Waals surface area contributed by atoms with E-state index in [9.17, 15) is 24.0 Å². The standard InChI is InChI=1S/C40H34N2O6/c43-34(21-12-24-6-1-2-7-24)48-23-25-8-5-11-29(22-25)42-39(46)32-19-17-30-35-31(18-20-33(36(32)35)40(42)47)38(45)41(37(30)44)28-15-13-27(14-16-28)26-9-3-4-10-26/h5,8,11-22,24,26H,1-4,6-7,9-10,23H2/b21-12+. The molecule has 0 N–H and O–H groups in total. The van der Waals surface area contributed by atoms with Crippen molar-refractivity contribution in [2.45, 2.75) is 63.9 Å². The Hall–Kier alpha value is -5.37. The zero-order chi connectivity index (χ0) is 32.9. The highest BCUT2D eigenvalue weighted by Gasteiger charge is 2.40. The highest BCUT2D eigenvalue weighted by Crippen LogP contribution is 2.41. The largest absolute Gasteiger partial charge is 0.458 e. The summed E-state index contributed by atoms with van der Waals surface area (Å²) in [4.78, 5) is 70.2. The van der Waals surface area contributed by atoms with Crippen LogP contribution in [0.25, 0.3) is 10.8 Å². The van der Waals surface area contributed by atoms with Gasteiger partial charge in [-0.1, -0.05) is 56.0 Å². The molecule has 8 heteroatoms. The molecule has 4 aromatic rings. The maximum Gasteiger partial charge on any atom is 0.330 e. The van der Waals surface area contributed by atoms with Crippen molar-refractivity contribution in [2.75, 3.05) is 9.80 Å². The van der Waals surface area contributed by atoms with Gasteiger partial charge in [0.05, 0.1) is 11.4 Å². The summed E-state index contributed by atoms with van der Waals surface area (Å²) in [5.74, 6) is -1.62. The number of imide groups is 2. The molecule has 0 atom stereocenters. The number of hydrogen-bond donors (Lipinski definition) is 0. The molecule has 0 spiro atoms. The summed E-state index contributed by atoms with van der Waals surface area (Å²) in [7, 11) is 0. The Bertz CT molecular complexity index is 1980. The Kier molecular flexibility index (Phi) is 7.51. The lowest BCUT2D eigenvalue weighted by molar-refractivity contribution is -0.139. The van der Waals surface area contributed by atoms with Crippen LogP contribution in [-0.4, -0.2) is 29.6 Å². The van der Waals surface area contributed by atoms with Crippen molar-refractivity contribution in [1.29, 1.82) is 0 Å². The molecule has 2 aliphatic heterocycles. The van der Waals surface area contributed by atoms with Gasteiger partial charge in [-0.15, -0.1) is 0 Å². The first-order chi connectivity index (χ1) is 23.4. The Morgan fingerprint density at radius 2 is 1.17 bits per heavy atom. The number of nitrogens with zero attached hydrogens (tertiary/aromatic N) is 2. The van der Waals surface area contributed by atoms with Gasteiger partial charge < -0.3 is 4.74 Å². The predicted octanol–water partition coefficient (Wildman–Crippen LogP) is 7.89. The van der Waals surface area contributed by atoms with E-state index in [2.05, 4.69) is 0 Å². The number of rotatable bonds is 7. The van der Waals surface area contributed by atoms with Crippen LogP contribution < -0.4 is 9.80 Å². The molecule has 2 fully saturated rings. The number of carbonyl (C=O) groups excluding carboxylic acids is 5. The summed E-state index contributed by atoms with van der Waals surface area (Å²) in [6.07, 6.45) is 12.6. The van der Waals surface area contributed by atoms with Gasteiger partial charge in [-0.2, -0.15) is 0 Å². The van der Waals surface area contributed by atoms with E-state index < -0.39 is 29.6 Å². The van der Waals surface area contributed by atoms with E-state index in [1.807, 2.05) is 30.3 Å². The lowest BCUT2D eigenvalue weighted by atomic mass is 9.85. The third-order valence-electron chi connectivity index (χ3n) is 10.3. The minimum atomic E-state index is -0.560. The summed E-state index contributed by atoms with van der Waals surface area (Å²) >= 11 is 0. The number of ether oxygens (including phenoxy) is 1. The maximum absolute atomic E-state index is 14.0. The minimum absolute atomic E-state index is 0.0131. The van der Waals surface area contributed by atoms with E-state index in [-0.39, 0.29) is 28.9 Å². The second-order valence-corrected chi connectivity index (χ2v) is 13.2. The molecule has 0 radical (unpaired) electrons. The van der Waals surface area contributed by atoms with Crippen LogP contribution in [0.1, 0.15) is 110 Å². The predicted molar refractivity (Wildman–Crippen MR) is 181 cm³/mol. The maximum atomic E-state index is 14.0. The average molecular weight is 639 g/mol. The third-order valence-corrected chi connectivity index (χ3v) is 10.3. The SMILES string of the molecule is O=C(/C=C/C1CCCC1)OCc1cccc(N2C(=O)c3ccc4c5c(ccc(c35)C2=O)C(=O)N(c2ccc(C3CCCC3)cc2)C4=O)c1. The number of esters is 1. The topological polar surface area (TPSA) is 101 Å². The number of allylic oxidation sites excluding steroid dienone is 1. The normalized spacial score (nSPS) is 18.2. The number of amides is 4. The molecule has 8 rings (SSSR count). The first-order valence-electron chi connectivity index (χ1n) is 16.8. The van der Waals surface area contributed by atoms with Gasteiger partial charge in [0.1, 0.15) is 6.61 Å². The van der Waals surface area contributed by atoms with Crippen molar-refractivity contribution in [2.24, 2.45) is 5.92 Å². The molecule has 8 nitrogen and oxygen atoms in total. The molecule has 4 aromatic carbocycles. The second kappa shape index (κ2) is 12.0. The van der Waals surface area contributed by atoms with Crippen molar-refractivity contribution >= 4 is 51.7 Å². The number of benzene rings is 4. The highest BCUT2D eigenvalue weighted by atomic mass is 16.5. The molecule has 2 saturated carbocycles. The first-order valence-corrected chi connectivity index (χ1v) is 16.8. The van der Waals surface area contributed by atoms with E-state index in [1.54, 1.807) is 48.5 Å². The molecule has 2 aliphatic carbocycles. The van der Waals surface area contributed by atoms with E-state index >= 15 is 0 Å². The van der Waals surface area contributed by atoms with Crippen molar-refractivity contribution < 1.29 is 28.7 Å². The first kappa shape index (κ1) is 30.0. The van der Waals surface area contributed by atoms with Crippen LogP contribution in [0.5, 0.6) is 0 Å². The van der Waals surface area contributed by atoms with Gasteiger partial charge in [-0.3, -0.25) is 19.2 Å². The fraction of sp³-hybridized carbons (Fsp3) is 0.275. The van der Waals surface area contributed by atoms with Crippen LogP contribution in [0.4, 0.5) is 11.4 Å². The lowest BCUT2D eigenvalue weighted by Gasteiger charge is -2.32. The van der Waals surface area contributed by atoms with Gasteiger partial charge >= 0.3 is 5.97 Å². The molecule has 240 valence electrons. The Morgan fingerprint density at radius 1 is 0.646 bits per heavy atom. The highest BCUT2D eigenvalue weighted by molar-refractivity contribution is 6.42. The van der Waals surface area contributed by atoms with E-state index in [0.717, 1.165) is 30.6 Å². The quantitative estimate of drug-likeness (QED) is 0.116. The van der Waals surface area contributed by atoms with Crippen LogP contribution in [-0.2, 0) is 16.1 Å². The van der Waals surface area contributed by atoms with Crippen LogP contribution in [0, 0.1) is 5.92 Å². The molecule has 0 unspecified atom stereocenters. The summed E-state index contributed by atoms with van der Waals surface area (Å²) < 4.78 is 5.44. The lowest BCUT2D eigenvalue weighted by Crippen LogP contribution is -2.43. The van der Waals surface area contributed by atoms with Crippen LogP contribution in [0.2, 0.25) is 0 Å². The van der Waals surface area contributed by atoms with Gasteiger partial charge in [-0.25, -0.2) is 14.6 Å². The van der Waals surface area contributed by atoms with Crippen molar-refractivity contribution in [3.8, 4) is 0 Å². The molecular formula is C40H34N2O6. The fourth-order valence-electron chi connectivity index (χ4n) is 7.85. The Labute approximate surface area is 278 Å². The summed E-state index contributed by atoms with van der Waals surface area (Å²) in [5, 5.41) is 0.639. The van der Waals surface area contributed by atoms with Gasteiger partial charge in [0.2, 0.25) is 0 Å². The van der Waals surface area contributed by atoms with Crippen LogP contribution in [0.3, 0.4) is 0 Å². The van der Waals surface area contributed by atoms with E-state index in [1.165, 1.54) is 42.2 Å². The van der Waals surface area contributed by atoms with E-state index in [4.69, 9.17) is 4.74 Å². The fourth-order valence-corrected chi connectivity index (χ4v) is 7.85. The van der Waals surface area contributed by atoms with Crippen molar-refractivity contribution in [3.63, 3.8) is 0 Å². The molecule has 4 amide bonds. The van der Waals surface area contributed by atoms with Gasteiger partial charge in [0.25, 0.3) is 23.6 Å². The average Bonchev–Trinajstić information content (AvgIpc) is 3.84. The smallest absolute Gasteiger partial charge is 0.330 e. The van der Waals surface area contributed by atoms with Gasteiger partial charge in [0.15, 0.2) is 0 Å². The summed E-state index contributed by atoms with van der Waals surface area (Å²) in [6.45, 7) is -0.0131.